The summed E-state index contributed by atoms with van der Waals surface area (Å²) in [5.74, 6) is -0.169. The zero-order valence-corrected chi connectivity index (χ0v) is 18.1. The van der Waals surface area contributed by atoms with Gasteiger partial charge in [-0.25, -0.2) is 0 Å². The summed E-state index contributed by atoms with van der Waals surface area (Å²) in [6, 6.07) is 21.6. The largest absolute Gasteiger partial charge is 0.471 e. The van der Waals surface area contributed by atoms with Gasteiger partial charge < -0.3 is 15.4 Å². The number of nitrogens with one attached hydrogen (secondary N) is 2. The molecule has 2 aromatic carbocycles. The van der Waals surface area contributed by atoms with Crippen LogP contribution in [-0.2, 0) is 20.7 Å². The van der Waals surface area contributed by atoms with Gasteiger partial charge in [-0.1, -0.05) is 55.5 Å². The molecule has 0 aliphatic rings. The van der Waals surface area contributed by atoms with Crippen molar-refractivity contribution in [1.82, 2.24) is 10.3 Å². The molecule has 0 aliphatic heterocycles. The van der Waals surface area contributed by atoms with E-state index in [1.54, 1.807) is 12.4 Å². The van der Waals surface area contributed by atoms with Crippen LogP contribution in [0.15, 0.2) is 79.1 Å². The Hall–Kier alpha value is -3.51. The molecule has 0 aliphatic carbocycles. The number of benzene rings is 2. The van der Waals surface area contributed by atoms with Gasteiger partial charge in [-0.3, -0.25) is 14.6 Å². The van der Waals surface area contributed by atoms with E-state index in [1.165, 1.54) is 7.11 Å². The Morgan fingerprint density at radius 3 is 2.16 bits per heavy atom. The Balaban J connectivity index is 0.000000785. The van der Waals surface area contributed by atoms with Crippen molar-refractivity contribution in [3.63, 3.8) is 0 Å². The number of hydrogen-bond donors (Lipinski definition) is 2. The number of carbonyl (C=O) groups is 2. The van der Waals surface area contributed by atoms with Crippen molar-refractivity contribution in [1.29, 1.82) is 0 Å². The number of likely N-dealkylation sites (N-methyl/N-ethyl adjacent to an activating group) is 1. The summed E-state index contributed by atoms with van der Waals surface area (Å²) in [6.07, 6.45) is 4.40. The lowest BCUT2D eigenvalue weighted by Gasteiger charge is -2.27. The Kier molecular flexibility index (Phi) is 9.91. The maximum Gasteiger partial charge on any atom is 0.292 e. The molecule has 3 aromatic rings. The van der Waals surface area contributed by atoms with Gasteiger partial charge >= 0.3 is 0 Å². The fourth-order valence-corrected chi connectivity index (χ4v) is 3.42. The van der Waals surface area contributed by atoms with Crippen molar-refractivity contribution < 1.29 is 14.3 Å². The van der Waals surface area contributed by atoms with Crippen LogP contribution in [0.4, 0.5) is 5.69 Å². The second-order valence-electron chi connectivity index (χ2n) is 6.77. The lowest BCUT2D eigenvalue weighted by atomic mass is 9.85. The van der Waals surface area contributed by atoms with E-state index in [4.69, 9.17) is 4.79 Å². The van der Waals surface area contributed by atoms with Crippen molar-refractivity contribution in [3.05, 3.63) is 95.8 Å². The van der Waals surface area contributed by atoms with Gasteiger partial charge in [0.05, 0.1) is 13.2 Å². The molecule has 6 nitrogen and oxygen atoms in total. The number of methoxy groups -OCH3 is 1. The van der Waals surface area contributed by atoms with E-state index in [1.807, 2.05) is 61.6 Å². The summed E-state index contributed by atoms with van der Waals surface area (Å²) in [5.41, 5.74) is 4.13. The Morgan fingerprint density at radius 2 is 1.58 bits per heavy atom. The maximum absolute atomic E-state index is 13.2. The van der Waals surface area contributed by atoms with Crippen molar-refractivity contribution >= 4 is 18.1 Å². The van der Waals surface area contributed by atoms with Crippen molar-refractivity contribution in [3.8, 4) is 0 Å². The van der Waals surface area contributed by atoms with E-state index in [0.29, 0.717) is 6.47 Å². The van der Waals surface area contributed by atoms with Gasteiger partial charge in [0.25, 0.3) is 6.47 Å². The third-order valence-electron chi connectivity index (χ3n) is 4.90. The van der Waals surface area contributed by atoms with E-state index in [9.17, 15) is 4.79 Å². The van der Waals surface area contributed by atoms with Crippen LogP contribution < -0.4 is 10.6 Å². The number of ether oxygens (including phenoxy) is 1. The monoisotopic (exact) mass is 419 g/mol. The molecule has 3 rings (SSSR count). The first-order valence-corrected chi connectivity index (χ1v) is 10.1. The average Bonchev–Trinajstić information content (AvgIpc) is 2.84. The Morgan fingerprint density at radius 1 is 1.00 bits per heavy atom. The smallest absolute Gasteiger partial charge is 0.292 e. The lowest BCUT2D eigenvalue weighted by Crippen LogP contribution is -2.43. The number of pyridine rings is 1. The molecule has 1 amide bonds. The minimum Gasteiger partial charge on any atom is -0.471 e. The molecule has 162 valence electrons. The molecule has 1 heterocycles. The molecule has 0 fully saturated rings. The lowest BCUT2D eigenvalue weighted by molar-refractivity contribution is -0.126. The van der Waals surface area contributed by atoms with Gasteiger partial charge in [0.1, 0.15) is 0 Å². The summed E-state index contributed by atoms with van der Waals surface area (Å²) in [7, 11) is 3.14. The summed E-state index contributed by atoms with van der Waals surface area (Å²) >= 11 is 0. The second kappa shape index (κ2) is 12.9. The molecular weight excluding hydrogens is 390 g/mol. The zero-order chi connectivity index (χ0) is 22.5. The quantitative estimate of drug-likeness (QED) is 0.543. The highest BCUT2D eigenvalue weighted by Gasteiger charge is 2.30. The van der Waals surface area contributed by atoms with Crippen LogP contribution in [0.25, 0.3) is 0 Å². The molecule has 2 N–H and O–H groups in total. The number of nitrogens with zero attached hydrogens (tertiary/aromatic N) is 1. The third kappa shape index (κ3) is 6.76. The Bertz CT molecular complexity index is 894. The maximum atomic E-state index is 13.2. The standard InChI is InChI=1S/C23H25N3O.C2H4O2/c1-3-17-9-7-8-12-20(17)26-23(27)22(24-2)21(18-10-5-4-6-11-18)19-13-15-25-16-14-19;1-4-2-3/h4-16,21-22,24H,3H2,1-2H3,(H,26,27);2H,1H3/t21?,22-;/m0./s1. The molecule has 0 radical (unpaired) electrons. The molecular formula is C25H29N3O3. The van der Waals surface area contributed by atoms with Crippen molar-refractivity contribution in [2.24, 2.45) is 0 Å². The van der Waals surface area contributed by atoms with Crippen molar-refractivity contribution in [2.45, 2.75) is 25.3 Å². The van der Waals surface area contributed by atoms with Gasteiger partial charge in [-0.05, 0) is 48.4 Å². The predicted octanol–water partition coefficient (Wildman–Crippen LogP) is 3.79. The summed E-state index contributed by atoms with van der Waals surface area (Å²) in [4.78, 5) is 26.3. The number of amides is 1. The highest BCUT2D eigenvalue weighted by atomic mass is 16.5. The number of carbonyl (C=O) groups excluding carboxylic acids is 2. The van der Waals surface area contributed by atoms with Crippen LogP contribution in [0.3, 0.4) is 0 Å². The molecule has 0 saturated carbocycles. The first kappa shape index (κ1) is 23.8. The summed E-state index contributed by atoms with van der Waals surface area (Å²) < 4.78 is 3.86. The number of aryl methyl sites for hydroxylation is 1. The van der Waals surface area contributed by atoms with Crippen LogP contribution in [0.1, 0.15) is 29.5 Å². The van der Waals surface area contributed by atoms with Crippen LogP contribution in [0, 0.1) is 0 Å². The normalized spacial score (nSPS) is 12.0. The van der Waals surface area contributed by atoms with Gasteiger partial charge in [-0.15, -0.1) is 0 Å². The highest BCUT2D eigenvalue weighted by molar-refractivity contribution is 5.96. The van der Waals surface area contributed by atoms with E-state index in [2.05, 4.69) is 39.4 Å². The number of para-hydroxylation sites is 1. The fraction of sp³-hybridized carbons (Fsp3) is 0.240. The second-order valence-corrected chi connectivity index (χ2v) is 6.77. The van der Waals surface area contributed by atoms with Crippen LogP contribution in [-0.4, -0.2) is 37.6 Å². The summed E-state index contributed by atoms with van der Waals surface area (Å²) in [6.45, 7) is 2.46. The van der Waals surface area contributed by atoms with Crippen LogP contribution in [0.2, 0.25) is 0 Å². The van der Waals surface area contributed by atoms with E-state index in [-0.39, 0.29) is 11.8 Å². The molecule has 0 saturated heterocycles. The molecule has 1 aromatic heterocycles. The minimum absolute atomic E-state index is 0.0518. The molecule has 1 unspecified atom stereocenters. The predicted molar refractivity (Wildman–Crippen MR) is 123 cm³/mol. The van der Waals surface area contributed by atoms with Gasteiger partial charge in [0, 0.05) is 24.0 Å². The number of anilines is 1. The average molecular weight is 420 g/mol. The van der Waals surface area contributed by atoms with E-state index >= 15 is 0 Å². The van der Waals surface area contributed by atoms with Crippen LogP contribution in [0.5, 0.6) is 0 Å². The first-order valence-electron chi connectivity index (χ1n) is 10.1. The van der Waals surface area contributed by atoms with Crippen LogP contribution >= 0.6 is 0 Å². The molecule has 0 spiro atoms. The number of hydrogen-bond acceptors (Lipinski definition) is 5. The number of aromatic nitrogens is 1. The minimum atomic E-state index is -0.417. The molecule has 6 heteroatoms. The fourth-order valence-electron chi connectivity index (χ4n) is 3.42. The summed E-state index contributed by atoms with van der Waals surface area (Å²) in [5, 5.41) is 6.34. The van der Waals surface area contributed by atoms with E-state index in [0.717, 1.165) is 28.8 Å². The molecule has 0 bridgehead atoms. The highest BCUT2D eigenvalue weighted by Crippen LogP contribution is 2.29. The number of rotatable bonds is 8. The Labute approximate surface area is 183 Å². The van der Waals surface area contributed by atoms with Gasteiger partial charge in [-0.2, -0.15) is 0 Å². The molecule has 2 atom stereocenters. The third-order valence-corrected chi connectivity index (χ3v) is 4.90. The van der Waals surface area contributed by atoms with Gasteiger partial charge in [0.15, 0.2) is 0 Å². The van der Waals surface area contributed by atoms with Crippen molar-refractivity contribution in [2.75, 3.05) is 19.5 Å². The SMILES string of the molecule is CCc1ccccc1NC(=O)[C@@H](NC)C(c1ccccc1)c1ccncc1.COC=O. The molecule has 31 heavy (non-hydrogen) atoms. The topological polar surface area (TPSA) is 80.3 Å². The van der Waals surface area contributed by atoms with E-state index < -0.39 is 6.04 Å². The van der Waals surface area contributed by atoms with Gasteiger partial charge in [0.2, 0.25) is 5.91 Å². The first-order chi connectivity index (χ1) is 15.2. The zero-order valence-electron chi connectivity index (χ0n) is 18.1.